The Hall–Kier alpha value is -2.54. The number of aromatic amines is 1. The second kappa shape index (κ2) is 6.16. The van der Waals surface area contributed by atoms with Crippen molar-refractivity contribution < 1.29 is 4.79 Å². The lowest BCUT2D eigenvalue weighted by Crippen LogP contribution is -2.38. The molecule has 0 radical (unpaired) electrons. The van der Waals surface area contributed by atoms with Crippen molar-refractivity contribution in [1.29, 1.82) is 0 Å². The monoisotopic (exact) mass is 339 g/mol. The molecule has 0 bridgehead atoms. The van der Waals surface area contributed by atoms with Crippen LogP contribution in [0.5, 0.6) is 0 Å². The fourth-order valence-corrected chi connectivity index (χ4v) is 4.00. The molecule has 0 saturated carbocycles. The maximum atomic E-state index is 12.6. The van der Waals surface area contributed by atoms with Gasteiger partial charge in [0.2, 0.25) is 0 Å². The van der Waals surface area contributed by atoms with Crippen molar-refractivity contribution in [1.82, 2.24) is 25.5 Å². The molecule has 2 aromatic heterocycles. The zero-order chi connectivity index (χ0) is 16.5. The van der Waals surface area contributed by atoms with Gasteiger partial charge in [-0.25, -0.2) is 9.97 Å². The summed E-state index contributed by atoms with van der Waals surface area (Å²) in [5.41, 5.74) is 3.45. The number of nitrogens with zero attached hydrogens (tertiary/aromatic N) is 3. The van der Waals surface area contributed by atoms with Crippen molar-refractivity contribution in [3.63, 3.8) is 0 Å². The molecule has 0 unspecified atom stereocenters. The molecule has 1 aromatic carbocycles. The molecule has 1 atom stereocenters. The van der Waals surface area contributed by atoms with Crippen LogP contribution >= 0.6 is 11.3 Å². The van der Waals surface area contributed by atoms with Gasteiger partial charge in [-0.1, -0.05) is 24.3 Å². The Morgan fingerprint density at radius 1 is 1.33 bits per heavy atom. The van der Waals surface area contributed by atoms with E-state index < -0.39 is 0 Å². The number of H-pyrrole nitrogens is 1. The second-order valence-corrected chi connectivity index (χ2v) is 6.95. The first-order valence-corrected chi connectivity index (χ1v) is 8.73. The van der Waals surface area contributed by atoms with E-state index in [0.717, 1.165) is 25.0 Å². The minimum absolute atomic E-state index is 0.0554. The highest BCUT2D eigenvalue weighted by Gasteiger charge is 2.23. The maximum absolute atomic E-state index is 12.6. The molecule has 1 aliphatic rings. The molecule has 0 aliphatic heterocycles. The Kier molecular flexibility index (Phi) is 3.86. The highest BCUT2D eigenvalue weighted by Crippen LogP contribution is 2.26. The minimum atomic E-state index is -0.0554. The zero-order valence-electron chi connectivity index (χ0n) is 13.2. The number of aromatic nitrogens is 4. The lowest BCUT2D eigenvalue weighted by atomic mass is 9.88. The average molecular weight is 339 g/mol. The van der Waals surface area contributed by atoms with E-state index >= 15 is 0 Å². The molecule has 1 amide bonds. The van der Waals surface area contributed by atoms with Crippen molar-refractivity contribution in [3.05, 3.63) is 52.3 Å². The molecule has 2 N–H and O–H groups in total. The summed E-state index contributed by atoms with van der Waals surface area (Å²) < 4.78 is 0. The molecule has 2 heterocycles. The number of hydrogen-bond donors (Lipinski definition) is 2. The van der Waals surface area contributed by atoms with Crippen LogP contribution in [0.25, 0.3) is 10.8 Å². The predicted octanol–water partition coefficient (Wildman–Crippen LogP) is 2.52. The molecule has 1 aliphatic carbocycles. The number of rotatable bonds is 3. The fraction of sp³-hybridized carbons (Fsp3) is 0.294. The van der Waals surface area contributed by atoms with Crippen LogP contribution in [0, 0.1) is 6.92 Å². The van der Waals surface area contributed by atoms with Crippen LogP contribution in [0.4, 0.5) is 0 Å². The van der Waals surface area contributed by atoms with E-state index in [1.54, 1.807) is 0 Å². The Morgan fingerprint density at radius 2 is 2.17 bits per heavy atom. The number of aryl methyl sites for hydroxylation is 2. The Bertz CT molecular complexity index is 871. The molecule has 122 valence electrons. The minimum Gasteiger partial charge on any atom is -0.348 e. The topological polar surface area (TPSA) is 83.6 Å². The molecule has 4 rings (SSSR count). The normalized spacial score (nSPS) is 16.6. The molecule has 0 saturated heterocycles. The molecule has 0 spiro atoms. The van der Waals surface area contributed by atoms with Gasteiger partial charge in [0.1, 0.15) is 11.2 Å². The highest BCUT2D eigenvalue weighted by molar-refractivity contribution is 7.17. The van der Waals surface area contributed by atoms with Gasteiger partial charge in [-0.3, -0.25) is 9.89 Å². The number of carbonyl (C=O) groups excluding carboxylic acids is 1. The van der Waals surface area contributed by atoms with E-state index in [9.17, 15) is 4.79 Å². The summed E-state index contributed by atoms with van der Waals surface area (Å²) in [6.45, 7) is 1.85. The lowest BCUT2D eigenvalue weighted by molar-refractivity contribution is 0.0937. The molecular formula is C17H17N5OS. The van der Waals surface area contributed by atoms with Gasteiger partial charge in [-0.15, -0.1) is 11.3 Å². The van der Waals surface area contributed by atoms with E-state index in [2.05, 4.69) is 49.7 Å². The van der Waals surface area contributed by atoms with Gasteiger partial charge in [0.25, 0.3) is 5.91 Å². The Labute approximate surface area is 143 Å². The van der Waals surface area contributed by atoms with Crippen LogP contribution in [0.3, 0.4) is 0 Å². The third kappa shape index (κ3) is 2.82. The van der Waals surface area contributed by atoms with Gasteiger partial charge in [0.05, 0.1) is 5.69 Å². The third-order valence-electron chi connectivity index (χ3n) is 4.30. The molecule has 6 nitrogen and oxygen atoms in total. The first kappa shape index (κ1) is 15.0. The van der Waals surface area contributed by atoms with Crippen molar-refractivity contribution >= 4 is 17.2 Å². The van der Waals surface area contributed by atoms with Gasteiger partial charge >= 0.3 is 0 Å². The summed E-state index contributed by atoms with van der Waals surface area (Å²) in [6, 6.07) is 8.62. The number of amides is 1. The molecule has 7 heteroatoms. The molecule has 0 fully saturated rings. The summed E-state index contributed by atoms with van der Waals surface area (Å²) in [5, 5.41) is 10.5. The summed E-state index contributed by atoms with van der Waals surface area (Å²) in [5.74, 6) is 0.536. The van der Waals surface area contributed by atoms with Crippen molar-refractivity contribution in [2.24, 2.45) is 0 Å². The Balaban J connectivity index is 1.49. The first-order chi connectivity index (χ1) is 11.7. The quantitative estimate of drug-likeness (QED) is 0.768. The number of hydrogen-bond acceptors (Lipinski definition) is 5. The maximum Gasteiger partial charge on any atom is 0.263 e. The summed E-state index contributed by atoms with van der Waals surface area (Å²) in [6.07, 6.45) is 4.29. The zero-order valence-corrected chi connectivity index (χ0v) is 14.1. The van der Waals surface area contributed by atoms with Crippen LogP contribution in [-0.4, -0.2) is 32.1 Å². The van der Waals surface area contributed by atoms with Crippen molar-refractivity contribution in [3.8, 4) is 10.8 Å². The van der Waals surface area contributed by atoms with Gasteiger partial charge in [-0.05, 0) is 37.3 Å². The summed E-state index contributed by atoms with van der Waals surface area (Å²) >= 11 is 1.34. The number of carbonyl (C=O) groups is 1. The van der Waals surface area contributed by atoms with Gasteiger partial charge in [0.15, 0.2) is 10.8 Å². The SMILES string of the molecule is Cc1nc(-c2ncn[nH]2)sc1C(=O)N[C@H]1CCc2ccccc2C1. The molecular weight excluding hydrogens is 322 g/mol. The predicted molar refractivity (Wildman–Crippen MR) is 91.9 cm³/mol. The van der Waals surface area contributed by atoms with Crippen LogP contribution in [-0.2, 0) is 12.8 Å². The number of nitrogens with one attached hydrogen (secondary N) is 2. The fourth-order valence-electron chi connectivity index (χ4n) is 3.09. The second-order valence-electron chi connectivity index (χ2n) is 5.95. The summed E-state index contributed by atoms with van der Waals surface area (Å²) in [7, 11) is 0. The van der Waals surface area contributed by atoms with Crippen LogP contribution in [0.2, 0.25) is 0 Å². The number of benzene rings is 1. The smallest absolute Gasteiger partial charge is 0.263 e. The van der Waals surface area contributed by atoms with Gasteiger partial charge < -0.3 is 5.32 Å². The third-order valence-corrected chi connectivity index (χ3v) is 5.47. The Morgan fingerprint density at radius 3 is 2.96 bits per heavy atom. The standard InChI is InChI=1S/C17H17N5OS/c1-10-14(24-17(20-10)15-18-9-19-22-15)16(23)21-13-7-6-11-4-2-3-5-12(11)8-13/h2-5,9,13H,6-8H2,1H3,(H,21,23)(H,18,19,22)/t13-/m0/s1. The average Bonchev–Trinajstić information content (AvgIpc) is 3.24. The molecule has 3 aromatic rings. The van der Waals surface area contributed by atoms with E-state index in [1.165, 1.54) is 28.8 Å². The summed E-state index contributed by atoms with van der Waals surface area (Å²) in [4.78, 5) is 21.8. The number of fused-ring (bicyclic) bond motifs is 1. The van der Waals surface area contributed by atoms with Gasteiger partial charge in [0, 0.05) is 6.04 Å². The van der Waals surface area contributed by atoms with Crippen LogP contribution < -0.4 is 5.32 Å². The van der Waals surface area contributed by atoms with E-state index in [0.29, 0.717) is 15.7 Å². The molecule has 24 heavy (non-hydrogen) atoms. The van der Waals surface area contributed by atoms with Gasteiger partial charge in [-0.2, -0.15) is 5.10 Å². The highest BCUT2D eigenvalue weighted by atomic mass is 32.1. The van der Waals surface area contributed by atoms with Crippen LogP contribution in [0.15, 0.2) is 30.6 Å². The van der Waals surface area contributed by atoms with E-state index in [1.807, 2.05) is 6.92 Å². The van der Waals surface area contributed by atoms with E-state index in [4.69, 9.17) is 0 Å². The number of thiazole rings is 1. The lowest BCUT2D eigenvalue weighted by Gasteiger charge is -2.25. The van der Waals surface area contributed by atoms with Crippen LogP contribution in [0.1, 0.15) is 32.9 Å². The first-order valence-electron chi connectivity index (χ1n) is 7.91. The van der Waals surface area contributed by atoms with Crippen molar-refractivity contribution in [2.75, 3.05) is 0 Å². The van der Waals surface area contributed by atoms with Crippen molar-refractivity contribution in [2.45, 2.75) is 32.2 Å². The largest absolute Gasteiger partial charge is 0.348 e. The van der Waals surface area contributed by atoms with E-state index in [-0.39, 0.29) is 11.9 Å².